The van der Waals surface area contributed by atoms with Crippen LogP contribution in [0.15, 0.2) is 16.2 Å². The maximum absolute atomic E-state index is 12.9. The lowest BCUT2D eigenvalue weighted by molar-refractivity contribution is 0.0936. The highest BCUT2D eigenvalue weighted by molar-refractivity contribution is 7.20. The van der Waals surface area contributed by atoms with Gasteiger partial charge in [-0.05, 0) is 49.3 Å². The summed E-state index contributed by atoms with van der Waals surface area (Å²) < 4.78 is 1.76. The van der Waals surface area contributed by atoms with E-state index >= 15 is 0 Å². The summed E-state index contributed by atoms with van der Waals surface area (Å²) in [6, 6.07) is 2.47. The second kappa shape index (κ2) is 7.34. The number of carbonyl (C=O) groups excluding carboxylic acids is 1. The lowest BCUT2D eigenvalue weighted by atomic mass is 10.1. The van der Waals surface area contributed by atoms with Crippen LogP contribution in [-0.2, 0) is 25.9 Å². The van der Waals surface area contributed by atoms with E-state index in [1.807, 2.05) is 18.3 Å². The van der Waals surface area contributed by atoms with E-state index < -0.39 is 0 Å². The molecular formula is C21H24N4O2S2. The van der Waals surface area contributed by atoms with Crippen LogP contribution in [0.4, 0.5) is 0 Å². The average molecular weight is 429 g/mol. The molecule has 5 rings (SSSR count). The molecule has 0 fully saturated rings. The van der Waals surface area contributed by atoms with Crippen LogP contribution in [0.3, 0.4) is 0 Å². The molecule has 0 aromatic carbocycles. The minimum atomic E-state index is -0.102. The summed E-state index contributed by atoms with van der Waals surface area (Å²) in [4.78, 5) is 35.6. The number of aryl methyl sites for hydroxylation is 2. The van der Waals surface area contributed by atoms with Gasteiger partial charge in [-0.15, -0.1) is 22.7 Å². The van der Waals surface area contributed by atoms with Crippen molar-refractivity contribution < 1.29 is 4.79 Å². The summed E-state index contributed by atoms with van der Waals surface area (Å²) in [6.45, 7) is 7.32. The highest BCUT2D eigenvalue weighted by Crippen LogP contribution is 2.29. The van der Waals surface area contributed by atoms with Crippen LogP contribution in [-0.4, -0.2) is 39.5 Å². The maximum atomic E-state index is 12.9. The molecule has 1 N–H and O–H groups in total. The van der Waals surface area contributed by atoms with Gasteiger partial charge in [0.2, 0.25) is 0 Å². The van der Waals surface area contributed by atoms with Gasteiger partial charge in [-0.1, -0.05) is 0 Å². The summed E-state index contributed by atoms with van der Waals surface area (Å²) in [5.41, 5.74) is 2.18. The summed E-state index contributed by atoms with van der Waals surface area (Å²) in [6.07, 6.45) is 2.89. The number of thiophene rings is 2. The van der Waals surface area contributed by atoms with Crippen molar-refractivity contribution in [2.24, 2.45) is 0 Å². The molecule has 2 aliphatic heterocycles. The van der Waals surface area contributed by atoms with E-state index in [0.717, 1.165) is 50.3 Å². The Hall–Kier alpha value is -2.03. The predicted octanol–water partition coefficient (Wildman–Crippen LogP) is 2.95. The standard InChI is InChI=1S/C21H24N4O2S2/c1-12(24-8-5-15-14(11-24)6-9-28-15)10-22-19(26)18-13(2)17-20(29-18)23-16-4-3-7-25(16)21(17)27/h6,9,12H,3-5,7-8,10-11H2,1-2H3,(H,22,26). The van der Waals surface area contributed by atoms with Crippen molar-refractivity contribution in [1.82, 2.24) is 19.8 Å². The quantitative estimate of drug-likeness (QED) is 0.694. The highest BCUT2D eigenvalue weighted by Gasteiger charge is 2.25. The smallest absolute Gasteiger partial charge is 0.262 e. The Morgan fingerprint density at radius 3 is 3.07 bits per heavy atom. The van der Waals surface area contributed by atoms with Crippen LogP contribution in [0.1, 0.15) is 44.8 Å². The van der Waals surface area contributed by atoms with E-state index in [4.69, 9.17) is 0 Å². The summed E-state index contributed by atoms with van der Waals surface area (Å²) in [5.74, 6) is 0.748. The zero-order chi connectivity index (χ0) is 20.1. The minimum absolute atomic E-state index is 0.00329. The second-order valence-electron chi connectivity index (χ2n) is 7.97. The van der Waals surface area contributed by atoms with Gasteiger partial charge in [-0.2, -0.15) is 0 Å². The minimum Gasteiger partial charge on any atom is -0.350 e. The van der Waals surface area contributed by atoms with E-state index in [1.165, 1.54) is 21.8 Å². The lowest BCUT2D eigenvalue weighted by Gasteiger charge is -2.32. The molecule has 29 heavy (non-hydrogen) atoms. The third-order valence-electron chi connectivity index (χ3n) is 6.14. The first-order valence-corrected chi connectivity index (χ1v) is 11.8. The van der Waals surface area contributed by atoms with Gasteiger partial charge >= 0.3 is 0 Å². The third kappa shape index (κ3) is 3.23. The van der Waals surface area contributed by atoms with Gasteiger partial charge in [0.15, 0.2) is 0 Å². The first-order chi connectivity index (χ1) is 14.0. The summed E-state index contributed by atoms with van der Waals surface area (Å²) >= 11 is 3.18. The van der Waals surface area contributed by atoms with Crippen molar-refractivity contribution in [2.75, 3.05) is 13.1 Å². The molecule has 1 unspecified atom stereocenters. The molecule has 8 heteroatoms. The van der Waals surface area contributed by atoms with Gasteiger partial charge in [0, 0.05) is 43.5 Å². The summed E-state index contributed by atoms with van der Waals surface area (Å²) in [5, 5.41) is 5.86. The molecule has 0 radical (unpaired) electrons. The molecule has 1 atom stereocenters. The summed E-state index contributed by atoms with van der Waals surface area (Å²) in [7, 11) is 0. The van der Waals surface area contributed by atoms with Crippen LogP contribution < -0.4 is 10.9 Å². The molecule has 5 heterocycles. The molecule has 6 nitrogen and oxygen atoms in total. The molecule has 3 aromatic rings. The normalized spacial score (nSPS) is 17.3. The van der Waals surface area contributed by atoms with Crippen molar-refractivity contribution in [3.05, 3.63) is 48.5 Å². The number of rotatable bonds is 4. The maximum Gasteiger partial charge on any atom is 0.262 e. The largest absolute Gasteiger partial charge is 0.350 e. The molecule has 3 aromatic heterocycles. The Morgan fingerprint density at radius 2 is 2.21 bits per heavy atom. The molecule has 0 saturated carbocycles. The Kier molecular flexibility index (Phi) is 4.80. The number of hydrogen-bond acceptors (Lipinski definition) is 6. The van der Waals surface area contributed by atoms with Gasteiger partial charge in [-0.25, -0.2) is 4.98 Å². The number of carbonyl (C=O) groups is 1. The van der Waals surface area contributed by atoms with Gasteiger partial charge in [0.25, 0.3) is 11.5 Å². The van der Waals surface area contributed by atoms with Crippen LogP contribution in [0, 0.1) is 6.92 Å². The Labute approximate surface area is 177 Å². The molecule has 0 aliphatic carbocycles. The molecule has 0 saturated heterocycles. The lowest BCUT2D eigenvalue weighted by Crippen LogP contribution is -2.44. The van der Waals surface area contributed by atoms with E-state index in [0.29, 0.717) is 21.6 Å². The fraction of sp³-hybridized carbons (Fsp3) is 0.476. The number of amides is 1. The van der Waals surface area contributed by atoms with Crippen molar-refractivity contribution in [1.29, 1.82) is 0 Å². The molecule has 152 valence electrons. The van der Waals surface area contributed by atoms with E-state index in [2.05, 4.69) is 33.6 Å². The topological polar surface area (TPSA) is 67.2 Å². The molecule has 2 aliphatic rings. The molecule has 1 amide bonds. The van der Waals surface area contributed by atoms with Crippen molar-refractivity contribution in [2.45, 2.75) is 52.2 Å². The first-order valence-electron chi connectivity index (χ1n) is 10.1. The fourth-order valence-corrected chi connectivity index (χ4v) is 6.38. The van der Waals surface area contributed by atoms with E-state index in [1.54, 1.807) is 4.57 Å². The number of nitrogens with one attached hydrogen (secondary N) is 1. The monoisotopic (exact) mass is 428 g/mol. The SMILES string of the molecule is Cc1c(C(=O)NCC(C)N2CCc3sccc3C2)sc2nc3n(c(=O)c12)CCC3. The van der Waals surface area contributed by atoms with Gasteiger partial charge in [0.05, 0.1) is 10.3 Å². The second-order valence-corrected chi connectivity index (χ2v) is 9.97. The Balaban J connectivity index is 1.31. The van der Waals surface area contributed by atoms with Gasteiger partial charge in [-0.3, -0.25) is 19.1 Å². The highest BCUT2D eigenvalue weighted by atomic mass is 32.1. The van der Waals surface area contributed by atoms with Gasteiger partial charge < -0.3 is 5.32 Å². The third-order valence-corrected chi connectivity index (χ3v) is 8.34. The van der Waals surface area contributed by atoms with Crippen molar-refractivity contribution in [3.63, 3.8) is 0 Å². The zero-order valence-corrected chi connectivity index (χ0v) is 18.3. The van der Waals surface area contributed by atoms with Gasteiger partial charge in [0.1, 0.15) is 10.7 Å². The molecule has 0 bridgehead atoms. The average Bonchev–Trinajstić information content (AvgIpc) is 3.44. The molecular weight excluding hydrogens is 404 g/mol. The van der Waals surface area contributed by atoms with Crippen molar-refractivity contribution in [3.8, 4) is 0 Å². The Morgan fingerprint density at radius 1 is 1.34 bits per heavy atom. The first kappa shape index (κ1) is 19.0. The fourth-order valence-electron chi connectivity index (χ4n) is 4.39. The van der Waals surface area contributed by atoms with Crippen LogP contribution in [0.5, 0.6) is 0 Å². The predicted molar refractivity (Wildman–Crippen MR) is 117 cm³/mol. The number of aromatic nitrogens is 2. The Bertz CT molecular complexity index is 1160. The molecule has 0 spiro atoms. The van der Waals surface area contributed by atoms with E-state index in [9.17, 15) is 9.59 Å². The van der Waals surface area contributed by atoms with Crippen molar-refractivity contribution >= 4 is 38.8 Å². The number of nitrogens with zero attached hydrogens (tertiary/aromatic N) is 3. The van der Waals surface area contributed by atoms with E-state index in [-0.39, 0.29) is 17.5 Å². The number of fused-ring (bicyclic) bond motifs is 3. The zero-order valence-electron chi connectivity index (χ0n) is 16.7. The van der Waals surface area contributed by atoms with Crippen LogP contribution in [0.2, 0.25) is 0 Å². The van der Waals surface area contributed by atoms with Crippen LogP contribution in [0.25, 0.3) is 10.2 Å². The number of hydrogen-bond donors (Lipinski definition) is 1. The van der Waals surface area contributed by atoms with Crippen LogP contribution >= 0.6 is 22.7 Å².